The van der Waals surface area contributed by atoms with Crippen LogP contribution in [-0.4, -0.2) is 4.98 Å². The number of aromatic nitrogens is 1. The normalized spacial score (nSPS) is 10.7. The van der Waals surface area contributed by atoms with Crippen molar-refractivity contribution in [2.24, 2.45) is 0 Å². The highest BCUT2D eigenvalue weighted by molar-refractivity contribution is 5.85. The van der Waals surface area contributed by atoms with Crippen LogP contribution in [0.2, 0.25) is 0 Å². The maximum atomic E-state index is 5.80. The summed E-state index contributed by atoms with van der Waals surface area (Å²) in [4.78, 5) is 4.47. The summed E-state index contributed by atoms with van der Waals surface area (Å²) in [5.41, 5.74) is 11.1. The van der Waals surface area contributed by atoms with Gasteiger partial charge in [-0.1, -0.05) is 29.8 Å². The average molecular weight is 234 g/mol. The predicted octanol–water partition coefficient (Wildman–Crippen LogP) is 3.79. The molecule has 88 valence electrons. The largest absolute Gasteiger partial charge is 0.399 e. The Bertz CT molecular complexity index is 700. The molecular formula is C16H14N2. The molecule has 0 aliphatic heterocycles. The zero-order valence-electron chi connectivity index (χ0n) is 10.2. The molecule has 0 unspecified atom stereocenters. The van der Waals surface area contributed by atoms with Gasteiger partial charge in [0, 0.05) is 22.8 Å². The van der Waals surface area contributed by atoms with Crippen LogP contribution in [-0.2, 0) is 0 Å². The number of nitrogen functional groups attached to an aromatic ring is 1. The number of hydrogen-bond donors (Lipinski definition) is 1. The molecule has 18 heavy (non-hydrogen) atoms. The number of anilines is 1. The lowest BCUT2D eigenvalue weighted by molar-refractivity contribution is 1.40. The Morgan fingerprint density at radius 3 is 2.44 bits per heavy atom. The van der Waals surface area contributed by atoms with Crippen molar-refractivity contribution in [3.05, 3.63) is 60.3 Å². The summed E-state index contributed by atoms with van der Waals surface area (Å²) in [5, 5.41) is 1.08. The summed E-state index contributed by atoms with van der Waals surface area (Å²) in [5.74, 6) is 0. The van der Waals surface area contributed by atoms with Crippen LogP contribution in [0, 0.1) is 6.92 Å². The summed E-state index contributed by atoms with van der Waals surface area (Å²) in [6.07, 6.45) is 1.91. The predicted molar refractivity (Wildman–Crippen MR) is 76.3 cm³/mol. The van der Waals surface area contributed by atoms with E-state index in [9.17, 15) is 0 Å². The van der Waals surface area contributed by atoms with Gasteiger partial charge in [-0.2, -0.15) is 0 Å². The van der Waals surface area contributed by atoms with E-state index >= 15 is 0 Å². The number of rotatable bonds is 1. The highest BCUT2D eigenvalue weighted by Gasteiger charge is 2.01. The van der Waals surface area contributed by atoms with Crippen LogP contribution in [0.25, 0.3) is 22.0 Å². The van der Waals surface area contributed by atoms with Crippen LogP contribution in [0.4, 0.5) is 5.69 Å². The summed E-state index contributed by atoms with van der Waals surface area (Å²) in [6.45, 7) is 2.09. The zero-order chi connectivity index (χ0) is 12.5. The first-order valence-electron chi connectivity index (χ1n) is 5.95. The van der Waals surface area contributed by atoms with Crippen molar-refractivity contribution >= 4 is 16.6 Å². The van der Waals surface area contributed by atoms with E-state index in [2.05, 4.69) is 42.2 Å². The number of hydrogen-bond acceptors (Lipinski definition) is 2. The number of fused-ring (bicyclic) bond motifs is 1. The number of nitrogens with zero attached hydrogens (tertiary/aromatic N) is 1. The van der Waals surface area contributed by atoms with E-state index in [0.29, 0.717) is 0 Å². The van der Waals surface area contributed by atoms with Gasteiger partial charge in [0.15, 0.2) is 0 Å². The topological polar surface area (TPSA) is 38.9 Å². The van der Waals surface area contributed by atoms with Gasteiger partial charge in [-0.05, 0) is 36.8 Å². The maximum absolute atomic E-state index is 5.80. The van der Waals surface area contributed by atoms with Crippen molar-refractivity contribution in [3.63, 3.8) is 0 Å². The highest BCUT2D eigenvalue weighted by Crippen LogP contribution is 2.24. The molecule has 0 aliphatic rings. The molecule has 2 nitrogen and oxygen atoms in total. The van der Waals surface area contributed by atoms with Crippen LogP contribution in [0.3, 0.4) is 0 Å². The lowest BCUT2D eigenvalue weighted by Gasteiger charge is -2.04. The number of nitrogens with two attached hydrogens (primary N) is 1. The van der Waals surface area contributed by atoms with Crippen molar-refractivity contribution in [2.45, 2.75) is 6.92 Å². The van der Waals surface area contributed by atoms with Gasteiger partial charge in [-0.3, -0.25) is 4.98 Å². The van der Waals surface area contributed by atoms with E-state index in [0.717, 1.165) is 22.2 Å². The first kappa shape index (κ1) is 10.8. The van der Waals surface area contributed by atoms with Crippen molar-refractivity contribution in [2.75, 3.05) is 5.73 Å². The van der Waals surface area contributed by atoms with Crippen molar-refractivity contribution in [1.82, 2.24) is 4.98 Å². The molecule has 0 atom stereocenters. The summed E-state index contributed by atoms with van der Waals surface area (Å²) >= 11 is 0. The Kier molecular flexibility index (Phi) is 2.49. The van der Waals surface area contributed by atoms with Crippen molar-refractivity contribution in [1.29, 1.82) is 0 Å². The van der Waals surface area contributed by atoms with E-state index in [-0.39, 0.29) is 0 Å². The second-order valence-electron chi connectivity index (χ2n) is 4.54. The molecule has 0 radical (unpaired) electrons. The van der Waals surface area contributed by atoms with E-state index < -0.39 is 0 Å². The maximum Gasteiger partial charge on any atom is 0.0703 e. The molecular weight excluding hydrogens is 220 g/mol. The second-order valence-corrected chi connectivity index (χ2v) is 4.54. The SMILES string of the molecule is Cc1ccc(-c2cnc3ccc(N)cc3c2)cc1. The number of pyridine rings is 1. The third-order valence-corrected chi connectivity index (χ3v) is 3.09. The molecule has 0 bridgehead atoms. The third kappa shape index (κ3) is 1.93. The van der Waals surface area contributed by atoms with Crippen molar-refractivity contribution in [3.8, 4) is 11.1 Å². The molecule has 0 spiro atoms. The number of aryl methyl sites for hydroxylation is 1. The molecule has 3 rings (SSSR count). The highest BCUT2D eigenvalue weighted by atomic mass is 14.7. The first-order valence-corrected chi connectivity index (χ1v) is 5.95. The molecule has 0 fully saturated rings. The molecule has 2 heteroatoms. The van der Waals surface area contributed by atoms with Crippen LogP contribution in [0.1, 0.15) is 5.56 Å². The average Bonchev–Trinajstić information content (AvgIpc) is 2.38. The first-order chi connectivity index (χ1) is 8.72. The van der Waals surface area contributed by atoms with Gasteiger partial charge < -0.3 is 5.73 Å². The Hall–Kier alpha value is -2.35. The Labute approximate surface area is 106 Å². The minimum atomic E-state index is 0.769. The second kappa shape index (κ2) is 4.15. The molecule has 0 saturated heterocycles. The monoisotopic (exact) mass is 234 g/mol. The molecule has 0 amide bonds. The van der Waals surface area contributed by atoms with Gasteiger partial charge >= 0.3 is 0 Å². The number of benzene rings is 2. The van der Waals surface area contributed by atoms with Crippen LogP contribution >= 0.6 is 0 Å². The van der Waals surface area contributed by atoms with E-state index in [1.807, 2.05) is 24.4 Å². The lowest BCUT2D eigenvalue weighted by Crippen LogP contribution is -1.87. The molecule has 0 saturated carbocycles. The summed E-state index contributed by atoms with van der Waals surface area (Å²) in [7, 11) is 0. The van der Waals surface area contributed by atoms with Gasteiger partial charge in [0.25, 0.3) is 0 Å². The third-order valence-electron chi connectivity index (χ3n) is 3.09. The molecule has 0 aliphatic carbocycles. The quantitative estimate of drug-likeness (QED) is 0.650. The molecule has 1 heterocycles. The minimum Gasteiger partial charge on any atom is -0.399 e. The van der Waals surface area contributed by atoms with Crippen LogP contribution in [0.15, 0.2) is 54.7 Å². The van der Waals surface area contributed by atoms with Gasteiger partial charge in [0.2, 0.25) is 0 Å². The van der Waals surface area contributed by atoms with Crippen LogP contribution in [0.5, 0.6) is 0 Å². The van der Waals surface area contributed by atoms with Crippen LogP contribution < -0.4 is 5.73 Å². The summed E-state index contributed by atoms with van der Waals surface area (Å²) in [6, 6.07) is 16.4. The molecule has 3 aromatic rings. The molecule has 1 aromatic heterocycles. The van der Waals surface area contributed by atoms with E-state index in [1.165, 1.54) is 11.1 Å². The zero-order valence-corrected chi connectivity index (χ0v) is 10.2. The molecule has 2 aromatic carbocycles. The van der Waals surface area contributed by atoms with E-state index in [4.69, 9.17) is 5.73 Å². The Morgan fingerprint density at radius 1 is 0.889 bits per heavy atom. The van der Waals surface area contributed by atoms with Gasteiger partial charge in [-0.25, -0.2) is 0 Å². The standard InChI is InChI=1S/C16H14N2/c1-11-2-4-12(5-3-11)14-8-13-9-15(17)6-7-16(13)18-10-14/h2-10H,17H2,1H3. The fourth-order valence-corrected chi connectivity index (χ4v) is 2.05. The van der Waals surface area contributed by atoms with Gasteiger partial charge in [0.1, 0.15) is 0 Å². The fourth-order valence-electron chi connectivity index (χ4n) is 2.05. The lowest BCUT2D eigenvalue weighted by atomic mass is 10.0. The minimum absolute atomic E-state index is 0.769. The van der Waals surface area contributed by atoms with Gasteiger partial charge in [0.05, 0.1) is 5.52 Å². The fraction of sp³-hybridized carbons (Fsp3) is 0.0625. The van der Waals surface area contributed by atoms with E-state index in [1.54, 1.807) is 0 Å². The van der Waals surface area contributed by atoms with Gasteiger partial charge in [-0.15, -0.1) is 0 Å². The Balaban J connectivity index is 2.15. The smallest absolute Gasteiger partial charge is 0.0703 e. The summed E-state index contributed by atoms with van der Waals surface area (Å²) < 4.78 is 0. The van der Waals surface area contributed by atoms with Crippen molar-refractivity contribution < 1.29 is 0 Å². The Morgan fingerprint density at radius 2 is 1.67 bits per heavy atom. The molecule has 2 N–H and O–H groups in total.